The Morgan fingerprint density at radius 2 is 1.83 bits per heavy atom. The second-order valence-corrected chi connectivity index (χ2v) is 4.15. The van der Waals surface area contributed by atoms with Crippen LogP contribution in [0.3, 0.4) is 0 Å². The van der Waals surface area contributed by atoms with Crippen molar-refractivity contribution in [3.8, 4) is 0 Å². The predicted molar refractivity (Wildman–Crippen MR) is 49.1 cm³/mol. The van der Waals surface area contributed by atoms with Gasteiger partial charge in [-0.2, -0.15) is 0 Å². The zero-order valence-electron chi connectivity index (χ0n) is 7.71. The molecule has 1 saturated heterocycles. The van der Waals surface area contributed by atoms with Crippen LogP contribution in [-0.2, 0) is 0 Å². The van der Waals surface area contributed by atoms with E-state index >= 15 is 0 Å². The van der Waals surface area contributed by atoms with Gasteiger partial charge in [-0.05, 0) is 32.2 Å². The van der Waals surface area contributed by atoms with E-state index in [4.69, 9.17) is 5.11 Å². The lowest BCUT2D eigenvalue weighted by Gasteiger charge is -2.29. The van der Waals surface area contributed by atoms with Gasteiger partial charge < -0.3 is 5.11 Å². The molecule has 1 saturated carbocycles. The highest BCUT2D eigenvalue weighted by atomic mass is 16.3. The summed E-state index contributed by atoms with van der Waals surface area (Å²) in [5.41, 5.74) is 0. The van der Waals surface area contributed by atoms with Crippen LogP contribution in [0.4, 0.5) is 0 Å². The predicted octanol–water partition coefficient (Wildman–Crippen LogP) is 1.39. The highest BCUT2D eigenvalue weighted by molar-refractivity contribution is 4.86. The lowest BCUT2D eigenvalue weighted by Crippen LogP contribution is -2.39. The Hall–Kier alpha value is -0.0800. The van der Waals surface area contributed by atoms with Crippen LogP contribution in [0, 0.1) is 0 Å². The van der Waals surface area contributed by atoms with Crippen molar-refractivity contribution in [3.05, 3.63) is 0 Å². The minimum absolute atomic E-state index is 0.372. The molecule has 0 unspecified atom stereocenters. The standard InChI is InChI=1S/C10H19NO/c12-8-10-6-3-7-11(10)9-4-1-2-5-9/h9-10,12H,1-8H2/t10-/m1/s1. The lowest BCUT2D eigenvalue weighted by molar-refractivity contribution is 0.121. The topological polar surface area (TPSA) is 23.5 Å². The smallest absolute Gasteiger partial charge is 0.0586 e. The molecule has 1 aliphatic heterocycles. The van der Waals surface area contributed by atoms with E-state index in [1.54, 1.807) is 0 Å². The highest BCUT2D eigenvalue weighted by Crippen LogP contribution is 2.29. The molecule has 0 aromatic carbocycles. The van der Waals surface area contributed by atoms with Crippen LogP contribution in [0.2, 0.25) is 0 Å². The maximum atomic E-state index is 9.16. The Balaban J connectivity index is 1.92. The Bertz CT molecular complexity index is 143. The number of hydrogen-bond donors (Lipinski definition) is 1. The van der Waals surface area contributed by atoms with Crippen molar-refractivity contribution >= 4 is 0 Å². The van der Waals surface area contributed by atoms with Gasteiger partial charge in [0.15, 0.2) is 0 Å². The minimum Gasteiger partial charge on any atom is -0.395 e. The van der Waals surface area contributed by atoms with Crippen LogP contribution < -0.4 is 0 Å². The van der Waals surface area contributed by atoms with Crippen molar-refractivity contribution in [2.45, 2.75) is 50.6 Å². The largest absolute Gasteiger partial charge is 0.395 e. The molecule has 1 aliphatic carbocycles. The molecule has 2 nitrogen and oxygen atoms in total. The summed E-state index contributed by atoms with van der Waals surface area (Å²) in [4.78, 5) is 2.55. The van der Waals surface area contributed by atoms with Gasteiger partial charge in [0.1, 0.15) is 0 Å². The molecule has 0 spiro atoms. The zero-order chi connectivity index (χ0) is 8.39. The first-order chi connectivity index (χ1) is 5.92. The average Bonchev–Trinajstić information content (AvgIpc) is 2.74. The Morgan fingerprint density at radius 3 is 2.50 bits per heavy atom. The third-order valence-electron chi connectivity index (χ3n) is 3.43. The number of likely N-dealkylation sites (tertiary alicyclic amines) is 1. The monoisotopic (exact) mass is 169 g/mol. The summed E-state index contributed by atoms with van der Waals surface area (Å²) in [5.74, 6) is 0. The van der Waals surface area contributed by atoms with Crippen LogP contribution >= 0.6 is 0 Å². The van der Waals surface area contributed by atoms with Gasteiger partial charge in [-0.15, -0.1) is 0 Å². The first-order valence-corrected chi connectivity index (χ1v) is 5.28. The van der Waals surface area contributed by atoms with Gasteiger partial charge in [0, 0.05) is 12.1 Å². The summed E-state index contributed by atoms with van der Waals surface area (Å²) >= 11 is 0. The van der Waals surface area contributed by atoms with E-state index < -0.39 is 0 Å². The molecule has 0 bridgehead atoms. The van der Waals surface area contributed by atoms with Gasteiger partial charge in [-0.25, -0.2) is 0 Å². The van der Waals surface area contributed by atoms with E-state index in [0.29, 0.717) is 12.6 Å². The van der Waals surface area contributed by atoms with Crippen molar-refractivity contribution in [1.82, 2.24) is 4.90 Å². The number of aliphatic hydroxyl groups excluding tert-OH is 1. The molecule has 0 aromatic rings. The molecule has 1 N–H and O–H groups in total. The van der Waals surface area contributed by atoms with Gasteiger partial charge in [0.25, 0.3) is 0 Å². The molecule has 2 aliphatic rings. The van der Waals surface area contributed by atoms with Crippen molar-refractivity contribution < 1.29 is 5.11 Å². The molecule has 0 amide bonds. The van der Waals surface area contributed by atoms with Crippen molar-refractivity contribution in [1.29, 1.82) is 0 Å². The Morgan fingerprint density at radius 1 is 1.08 bits per heavy atom. The summed E-state index contributed by atoms with van der Waals surface area (Å²) in [5, 5.41) is 9.16. The quantitative estimate of drug-likeness (QED) is 0.675. The van der Waals surface area contributed by atoms with Crippen LogP contribution in [0.1, 0.15) is 38.5 Å². The second-order valence-electron chi connectivity index (χ2n) is 4.15. The third-order valence-corrected chi connectivity index (χ3v) is 3.43. The van der Waals surface area contributed by atoms with E-state index in [2.05, 4.69) is 4.90 Å². The molecule has 70 valence electrons. The van der Waals surface area contributed by atoms with E-state index in [9.17, 15) is 0 Å². The van der Waals surface area contributed by atoms with Crippen molar-refractivity contribution in [2.75, 3.05) is 13.2 Å². The molecular weight excluding hydrogens is 150 g/mol. The normalized spacial score (nSPS) is 33.2. The molecular formula is C10H19NO. The fraction of sp³-hybridized carbons (Fsp3) is 1.00. The van der Waals surface area contributed by atoms with Crippen molar-refractivity contribution in [3.63, 3.8) is 0 Å². The van der Waals surface area contributed by atoms with E-state index in [-0.39, 0.29) is 0 Å². The highest BCUT2D eigenvalue weighted by Gasteiger charge is 2.31. The number of hydrogen-bond acceptors (Lipinski definition) is 2. The molecule has 2 rings (SSSR count). The zero-order valence-corrected chi connectivity index (χ0v) is 7.71. The average molecular weight is 169 g/mol. The van der Waals surface area contributed by atoms with Crippen LogP contribution in [0.5, 0.6) is 0 Å². The summed E-state index contributed by atoms with van der Waals surface area (Å²) in [6, 6.07) is 1.30. The van der Waals surface area contributed by atoms with Gasteiger partial charge in [0.05, 0.1) is 6.61 Å². The molecule has 12 heavy (non-hydrogen) atoms. The molecule has 2 fully saturated rings. The van der Waals surface area contributed by atoms with Gasteiger partial charge in [0.2, 0.25) is 0 Å². The van der Waals surface area contributed by atoms with E-state index in [1.807, 2.05) is 0 Å². The Labute approximate surface area is 74.6 Å². The SMILES string of the molecule is OC[C@H]1CCCN1C1CCCC1. The summed E-state index contributed by atoms with van der Waals surface area (Å²) in [6.45, 7) is 1.60. The Kier molecular flexibility index (Phi) is 2.66. The first-order valence-electron chi connectivity index (χ1n) is 5.28. The van der Waals surface area contributed by atoms with Crippen molar-refractivity contribution in [2.24, 2.45) is 0 Å². The van der Waals surface area contributed by atoms with Gasteiger partial charge in [-0.1, -0.05) is 12.8 Å². The summed E-state index contributed by atoms with van der Waals surface area (Å²) < 4.78 is 0. The van der Waals surface area contributed by atoms with Gasteiger partial charge >= 0.3 is 0 Å². The lowest BCUT2D eigenvalue weighted by atomic mass is 10.2. The van der Waals surface area contributed by atoms with Gasteiger partial charge in [-0.3, -0.25) is 4.90 Å². The second kappa shape index (κ2) is 3.75. The number of nitrogens with zero attached hydrogens (tertiary/aromatic N) is 1. The summed E-state index contributed by atoms with van der Waals surface area (Å²) in [6.07, 6.45) is 8.06. The maximum Gasteiger partial charge on any atom is 0.0586 e. The first kappa shape index (κ1) is 8.52. The third kappa shape index (κ3) is 1.50. The number of aliphatic hydroxyl groups is 1. The fourth-order valence-electron chi connectivity index (χ4n) is 2.77. The minimum atomic E-state index is 0.372. The molecule has 2 heteroatoms. The molecule has 0 aromatic heterocycles. The van der Waals surface area contributed by atoms with E-state index in [0.717, 1.165) is 6.04 Å². The fourth-order valence-corrected chi connectivity index (χ4v) is 2.77. The van der Waals surface area contributed by atoms with Crippen LogP contribution in [-0.4, -0.2) is 35.2 Å². The molecule has 1 heterocycles. The molecule has 1 atom stereocenters. The van der Waals surface area contributed by atoms with Crippen LogP contribution in [0.25, 0.3) is 0 Å². The maximum absolute atomic E-state index is 9.16. The molecule has 0 radical (unpaired) electrons. The summed E-state index contributed by atoms with van der Waals surface area (Å²) in [7, 11) is 0. The number of rotatable bonds is 2. The van der Waals surface area contributed by atoms with E-state index in [1.165, 1.54) is 45.1 Å². The van der Waals surface area contributed by atoms with Crippen LogP contribution in [0.15, 0.2) is 0 Å².